The summed E-state index contributed by atoms with van der Waals surface area (Å²) in [6, 6.07) is 2.08. The molecule has 1 aromatic rings. The van der Waals surface area contributed by atoms with Crippen LogP contribution < -0.4 is 5.32 Å². The quantitative estimate of drug-likeness (QED) is 0.792. The van der Waals surface area contributed by atoms with E-state index in [0.29, 0.717) is 11.5 Å². The minimum Gasteiger partial charge on any atom is -0.361 e. The molecule has 0 saturated carbocycles. The molecule has 0 amide bonds. The summed E-state index contributed by atoms with van der Waals surface area (Å²) in [5.74, 6) is 2.47. The molecule has 0 radical (unpaired) electrons. The standard InChI is InChI=1S/C13H19N3O/c1-5-15-17-11(1)12-10-2-7-16(8-3-10)13(12)4-6-14-9-13/h1,5,10,12,14H,2-4,6-9H2/t12?,13-/m0/s1. The lowest BCUT2D eigenvalue weighted by Gasteiger charge is -2.57. The van der Waals surface area contributed by atoms with E-state index >= 15 is 0 Å². The van der Waals surface area contributed by atoms with Gasteiger partial charge in [-0.15, -0.1) is 0 Å². The van der Waals surface area contributed by atoms with E-state index in [-0.39, 0.29) is 0 Å². The fourth-order valence-electron chi connectivity index (χ4n) is 4.43. The Bertz CT molecular complexity index is 389. The van der Waals surface area contributed by atoms with Gasteiger partial charge in [0.15, 0.2) is 0 Å². The molecule has 1 unspecified atom stereocenters. The summed E-state index contributed by atoms with van der Waals surface area (Å²) in [7, 11) is 0. The van der Waals surface area contributed by atoms with E-state index in [9.17, 15) is 0 Å². The monoisotopic (exact) mass is 233 g/mol. The van der Waals surface area contributed by atoms with Gasteiger partial charge in [0.2, 0.25) is 0 Å². The van der Waals surface area contributed by atoms with E-state index in [1.165, 1.54) is 32.4 Å². The van der Waals surface area contributed by atoms with Crippen molar-refractivity contribution in [2.75, 3.05) is 26.2 Å². The number of nitrogens with zero attached hydrogens (tertiary/aromatic N) is 2. The second-order valence-electron chi connectivity index (χ2n) is 5.75. The van der Waals surface area contributed by atoms with Crippen molar-refractivity contribution in [3.8, 4) is 0 Å². The van der Waals surface area contributed by atoms with Crippen molar-refractivity contribution in [3.05, 3.63) is 18.0 Å². The van der Waals surface area contributed by atoms with Crippen molar-refractivity contribution < 1.29 is 4.52 Å². The Morgan fingerprint density at radius 2 is 2.29 bits per heavy atom. The van der Waals surface area contributed by atoms with Crippen LogP contribution in [0, 0.1) is 5.92 Å². The van der Waals surface area contributed by atoms with Gasteiger partial charge in [0.1, 0.15) is 5.76 Å². The molecule has 1 aromatic heterocycles. The lowest BCUT2D eigenvalue weighted by molar-refractivity contribution is -0.0483. The summed E-state index contributed by atoms with van der Waals surface area (Å²) >= 11 is 0. The van der Waals surface area contributed by atoms with Crippen LogP contribution in [0.2, 0.25) is 0 Å². The molecule has 92 valence electrons. The summed E-state index contributed by atoms with van der Waals surface area (Å²) < 4.78 is 5.51. The molecule has 5 rings (SSSR count). The average molecular weight is 233 g/mol. The van der Waals surface area contributed by atoms with Crippen molar-refractivity contribution in [2.45, 2.75) is 30.7 Å². The summed E-state index contributed by atoms with van der Waals surface area (Å²) in [6.07, 6.45) is 5.71. The molecule has 0 aliphatic carbocycles. The molecular weight excluding hydrogens is 214 g/mol. The highest BCUT2D eigenvalue weighted by Gasteiger charge is 2.56. The van der Waals surface area contributed by atoms with Crippen LogP contribution in [0.4, 0.5) is 0 Å². The zero-order valence-electron chi connectivity index (χ0n) is 10.1. The number of nitrogens with one attached hydrogen (secondary N) is 1. The van der Waals surface area contributed by atoms with E-state index in [4.69, 9.17) is 4.52 Å². The Labute approximate surface area is 101 Å². The Morgan fingerprint density at radius 1 is 1.41 bits per heavy atom. The van der Waals surface area contributed by atoms with Crippen LogP contribution in [0.3, 0.4) is 0 Å². The third kappa shape index (κ3) is 1.28. The zero-order chi connectivity index (χ0) is 11.3. The lowest BCUT2D eigenvalue weighted by atomic mass is 9.64. The van der Waals surface area contributed by atoms with Gasteiger partial charge in [-0.05, 0) is 44.8 Å². The van der Waals surface area contributed by atoms with Crippen LogP contribution in [-0.4, -0.2) is 41.8 Å². The maximum atomic E-state index is 5.51. The van der Waals surface area contributed by atoms with Gasteiger partial charge in [-0.25, -0.2) is 0 Å². The highest BCUT2D eigenvalue weighted by atomic mass is 16.5. The highest BCUT2D eigenvalue weighted by Crippen LogP contribution is 2.51. The molecule has 4 saturated heterocycles. The smallest absolute Gasteiger partial charge is 0.141 e. The van der Waals surface area contributed by atoms with Gasteiger partial charge < -0.3 is 9.84 Å². The summed E-state index contributed by atoms with van der Waals surface area (Å²) in [4.78, 5) is 2.71. The van der Waals surface area contributed by atoms with E-state index in [1.54, 1.807) is 6.20 Å². The number of piperidine rings is 3. The van der Waals surface area contributed by atoms with Crippen molar-refractivity contribution in [1.29, 1.82) is 0 Å². The number of aromatic nitrogens is 1. The van der Waals surface area contributed by atoms with E-state index < -0.39 is 0 Å². The Balaban J connectivity index is 1.79. The van der Waals surface area contributed by atoms with Crippen LogP contribution >= 0.6 is 0 Å². The third-order valence-corrected chi connectivity index (χ3v) is 5.15. The number of hydrogen-bond acceptors (Lipinski definition) is 4. The molecule has 1 spiro atoms. The van der Waals surface area contributed by atoms with Crippen molar-refractivity contribution in [2.24, 2.45) is 5.92 Å². The Kier molecular flexibility index (Phi) is 2.11. The van der Waals surface area contributed by atoms with Crippen LogP contribution in [0.1, 0.15) is 30.9 Å². The number of fused-ring (bicyclic) bond motifs is 2. The highest BCUT2D eigenvalue weighted by molar-refractivity contribution is 5.22. The Hall–Kier alpha value is -0.870. The SMILES string of the molecule is c1cc(C2C3CCN(CC3)[C@]23CCNC3)on1. The molecule has 0 aromatic carbocycles. The molecule has 4 aliphatic heterocycles. The minimum atomic E-state index is 0.320. The Morgan fingerprint density at radius 3 is 2.94 bits per heavy atom. The second-order valence-corrected chi connectivity index (χ2v) is 5.75. The predicted octanol–water partition coefficient (Wildman–Crippen LogP) is 1.22. The molecule has 2 bridgehead atoms. The first-order valence-corrected chi connectivity index (χ1v) is 6.76. The normalized spacial score (nSPS) is 44.6. The van der Waals surface area contributed by atoms with Gasteiger partial charge in [0.05, 0.1) is 6.20 Å². The largest absolute Gasteiger partial charge is 0.361 e. The molecular formula is C13H19N3O. The molecule has 4 heteroatoms. The molecule has 5 heterocycles. The van der Waals surface area contributed by atoms with Crippen LogP contribution in [0.5, 0.6) is 0 Å². The van der Waals surface area contributed by atoms with Crippen LogP contribution in [0.15, 0.2) is 16.8 Å². The second kappa shape index (κ2) is 3.56. The van der Waals surface area contributed by atoms with Crippen LogP contribution in [0.25, 0.3) is 0 Å². The molecule has 4 nitrogen and oxygen atoms in total. The van der Waals surface area contributed by atoms with Gasteiger partial charge in [-0.1, -0.05) is 5.16 Å². The predicted molar refractivity (Wildman–Crippen MR) is 63.8 cm³/mol. The van der Waals surface area contributed by atoms with E-state index in [2.05, 4.69) is 21.4 Å². The van der Waals surface area contributed by atoms with Crippen molar-refractivity contribution in [3.63, 3.8) is 0 Å². The van der Waals surface area contributed by atoms with Gasteiger partial charge in [-0.3, -0.25) is 4.90 Å². The first kappa shape index (κ1) is 10.1. The molecule has 17 heavy (non-hydrogen) atoms. The van der Waals surface area contributed by atoms with E-state index in [0.717, 1.165) is 24.8 Å². The molecule has 4 fully saturated rings. The zero-order valence-corrected chi connectivity index (χ0v) is 10.1. The number of rotatable bonds is 1. The summed E-state index contributed by atoms with van der Waals surface area (Å²) in [5, 5.41) is 7.48. The van der Waals surface area contributed by atoms with Crippen molar-refractivity contribution in [1.82, 2.24) is 15.4 Å². The first-order chi connectivity index (χ1) is 8.40. The summed E-state index contributed by atoms with van der Waals surface area (Å²) in [5.41, 5.74) is 0.320. The van der Waals surface area contributed by atoms with Gasteiger partial charge in [0.25, 0.3) is 0 Å². The first-order valence-electron chi connectivity index (χ1n) is 6.76. The molecule has 1 N–H and O–H groups in total. The molecule has 2 atom stereocenters. The van der Waals surface area contributed by atoms with E-state index in [1.807, 2.05) is 0 Å². The fourth-order valence-corrected chi connectivity index (χ4v) is 4.43. The molecule has 4 aliphatic rings. The number of hydrogen-bond donors (Lipinski definition) is 1. The minimum absolute atomic E-state index is 0.320. The van der Waals surface area contributed by atoms with Gasteiger partial charge in [-0.2, -0.15) is 0 Å². The fraction of sp³-hybridized carbons (Fsp3) is 0.769. The maximum absolute atomic E-state index is 5.51. The third-order valence-electron chi connectivity index (χ3n) is 5.15. The lowest BCUT2D eigenvalue weighted by Crippen LogP contribution is -2.64. The maximum Gasteiger partial charge on any atom is 0.141 e. The van der Waals surface area contributed by atoms with Crippen molar-refractivity contribution >= 4 is 0 Å². The topological polar surface area (TPSA) is 41.3 Å². The van der Waals surface area contributed by atoms with Crippen LogP contribution in [-0.2, 0) is 0 Å². The van der Waals surface area contributed by atoms with Gasteiger partial charge >= 0.3 is 0 Å². The van der Waals surface area contributed by atoms with Gasteiger partial charge in [0, 0.05) is 24.1 Å². The average Bonchev–Trinajstić information content (AvgIpc) is 3.03. The summed E-state index contributed by atoms with van der Waals surface area (Å²) in [6.45, 7) is 4.82.